The molecular formula is C7H8BrF2NOS. The number of alkyl halides is 2. The molecule has 1 atom stereocenters. The summed E-state index contributed by atoms with van der Waals surface area (Å²) in [5, 5.41) is 0.561. The van der Waals surface area contributed by atoms with E-state index in [2.05, 4.69) is 15.9 Å². The van der Waals surface area contributed by atoms with E-state index in [0.29, 0.717) is 14.4 Å². The normalized spacial score (nSPS) is 13.4. The quantitative estimate of drug-likeness (QED) is 0.918. The van der Waals surface area contributed by atoms with Crippen LogP contribution in [-0.2, 0) is 0 Å². The number of hydrogen-bond donors (Lipinski definition) is 1. The number of ether oxygens (including phenoxy) is 1. The standard InChI is InChI=1S/C7H8BrF2NOS/c1-12-7-3(8)2-4(13-7)5(11)6(9)10/h2,5-6H,11H2,1H3. The molecule has 0 bridgehead atoms. The largest absolute Gasteiger partial charge is 0.486 e. The second-order valence-electron chi connectivity index (χ2n) is 2.35. The number of halogens is 3. The SMILES string of the molecule is COc1sc(C(N)C(F)F)cc1Br. The van der Waals surface area contributed by atoms with Crippen molar-refractivity contribution in [2.24, 2.45) is 5.73 Å². The van der Waals surface area contributed by atoms with Crippen molar-refractivity contribution in [3.8, 4) is 5.06 Å². The third-order valence-corrected chi connectivity index (χ3v) is 3.51. The number of hydrogen-bond acceptors (Lipinski definition) is 3. The maximum atomic E-state index is 12.2. The van der Waals surface area contributed by atoms with E-state index >= 15 is 0 Å². The van der Waals surface area contributed by atoms with Crippen molar-refractivity contribution in [2.75, 3.05) is 7.11 Å². The van der Waals surface area contributed by atoms with E-state index in [0.717, 1.165) is 11.3 Å². The zero-order valence-corrected chi connectivity index (χ0v) is 9.16. The Labute approximate surface area is 86.8 Å². The molecule has 74 valence electrons. The van der Waals surface area contributed by atoms with Gasteiger partial charge in [0, 0.05) is 4.88 Å². The lowest BCUT2D eigenvalue weighted by Crippen LogP contribution is -2.17. The van der Waals surface area contributed by atoms with Crippen LogP contribution in [0.2, 0.25) is 0 Å². The number of nitrogens with two attached hydrogens (primary N) is 1. The molecule has 0 aliphatic carbocycles. The van der Waals surface area contributed by atoms with Gasteiger partial charge in [-0.05, 0) is 22.0 Å². The van der Waals surface area contributed by atoms with Crippen molar-refractivity contribution in [2.45, 2.75) is 12.5 Å². The van der Waals surface area contributed by atoms with Gasteiger partial charge in [0.05, 0.1) is 11.6 Å². The minimum Gasteiger partial charge on any atom is -0.486 e. The number of methoxy groups -OCH3 is 1. The van der Waals surface area contributed by atoms with Crippen molar-refractivity contribution in [1.29, 1.82) is 0 Å². The summed E-state index contributed by atoms with van der Waals surface area (Å²) in [5.74, 6) is 0. The highest BCUT2D eigenvalue weighted by Crippen LogP contribution is 2.38. The maximum absolute atomic E-state index is 12.2. The number of thiophene rings is 1. The highest BCUT2D eigenvalue weighted by molar-refractivity contribution is 9.10. The lowest BCUT2D eigenvalue weighted by molar-refractivity contribution is 0.118. The third kappa shape index (κ3) is 2.38. The Kier molecular flexibility index (Phi) is 3.63. The molecule has 1 heterocycles. The summed E-state index contributed by atoms with van der Waals surface area (Å²) in [6.07, 6.45) is -2.55. The van der Waals surface area contributed by atoms with Crippen LogP contribution in [0.3, 0.4) is 0 Å². The van der Waals surface area contributed by atoms with Crippen LogP contribution < -0.4 is 10.5 Å². The molecule has 0 aliphatic heterocycles. The Morgan fingerprint density at radius 3 is 2.62 bits per heavy atom. The van der Waals surface area contributed by atoms with Crippen LogP contribution in [0.25, 0.3) is 0 Å². The summed E-state index contributed by atoms with van der Waals surface area (Å²) in [7, 11) is 1.48. The van der Waals surface area contributed by atoms with Crippen LogP contribution in [0.5, 0.6) is 5.06 Å². The van der Waals surface area contributed by atoms with Crippen LogP contribution in [-0.4, -0.2) is 13.5 Å². The fourth-order valence-corrected chi connectivity index (χ4v) is 2.47. The fourth-order valence-electron chi connectivity index (χ4n) is 0.797. The highest BCUT2D eigenvalue weighted by Gasteiger charge is 2.21. The Balaban J connectivity index is 2.90. The van der Waals surface area contributed by atoms with E-state index in [1.807, 2.05) is 0 Å². The van der Waals surface area contributed by atoms with Crippen molar-refractivity contribution in [3.05, 3.63) is 15.4 Å². The van der Waals surface area contributed by atoms with Gasteiger partial charge in [0.25, 0.3) is 6.43 Å². The molecule has 0 fully saturated rings. The molecule has 0 aliphatic rings. The van der Waals surface area contributed by atoms with Crippen molar-refractivity contribution >= 4 is 27.3 Å². The zero-order chi connectivity index (χ0) is 10.0. The molecule has 0 amide bonds. The Bertz CT molecular complexity index is 292. The van der Waals surface area contributed by atoms with Gasteiger partial charge in [0.15, 0.2) is 5.06 Å². The van der Waals surface area contributed by atoms with Gasteiger partial charge < -0.3 is 10.5 Å². The molecule has 1 aromatic rings. The minimum atomic E-state index is -2.55. The first-order chi connectivity index (χ1) is 6.06. The predicted octanol–water partition coefficient (Wildman–Crippen LogP) is 2.78. The highest BCUT2D eigenvalue weighted by atomic mass is 79.9. The fraction of sp³-hybridized carbons (Fsp3) is 0.429. The summed E-state index contributed by atoms with van der Waals surface area (Å²) in [5.41, 5.74) is 5.26. The van der Waals surface area contributed by atoms with Gasteiger partial charge in [0.2, 0.25) is 0 Å². The van der Waals surface area contributed by atoms with Crippen molar-refractivity contribution < 1.29 is 13.5 Å². The predicted molar refractivity (Wildman–Crippen MR) is 51.5 cm³/mol. The topological polar surface area (TPSA) is 35.2 Å². The first-order valence-electron chi connectivity index (χ1n) is 3.43. The van der Waals surface area contributed by atoms with Crippen molar-refractivity contribution in [3.63, 3.8) is 0 Å². The van der Waals surface area contributed by atoms with Crippen LogP contribution >= 0.6 is 27.3 Å². The van der Waals surface area contributed by atoms with Crippen LogP contribution in [0.15, 0.2) is 10.5 Å². The third-order valence-electron chi connectivity index (χ3n) is 1.46. The van der Waals surface area contributed by atoms with E-state index in [1.165, 1.54) is 7.11 Å². The summed E-state index contributed by atoms with van der Waals surface area (Å²) in [6.45, 7) is 0. The number of rotatable bonds is 3. The zero-order valence-electron chi connectivity index (χ0n) is 6.76. The van der Waals surface area contributed by atoms with Gasteiger partial charge in [-0.3, -0.25) is 0 Å². The van der Waals surface area contributed by atoms with Crippen LogP contribution in [0.4, 0.5) is 8.78 Å². The van der Waals surface area contributed by atoms with Crippen molar-refractivity contribution in [1.82, 2.24) is 0 Å². The Morgan fingerprint density at radius 2 is 2.23 bits per heavy atom. The first-order valence-corrected chi connectivity index (χ1v) is 5.04. The maximum Gasteiger partial charge on any atom is 0.258 e. The summed E-state index contributed by atoms with van der Waals surface area (Å²) < 4.78 is 30.0. The molecule has 2 nitrogen and oxygen atoms in total. The average molecular weight is 272 g/mol. The lowest BCUT2D eigenvalue weighted by atomic mass is 10.3. The van der Waals surface area contributed by atoms with E-state index in [-0.39, 0.29) is 0 Å². The second-order valence-corrected chi connectivity index (χ2v) is 4.25. The molecule has 0 aromatic carbocycles. The average Bonchev–Trinajstić information content (AvgIpc) is 2.45. The Hall–Kier alpha value is -0.200. The van der Waals surface area contributed by atoms with Crippen LogP contribution in [0, 0.1) is 0 Å². The monoisotopic (exact) mass is 271 g/mol. The van der Waals surface area contributed by atoms with Gasteiger partial charge in [0.1, 0.15) is 6.04 Å². The first kappa shape index (κ1) is 10.9. The van der Waals surface area contributed by atoms with Gasteiger partial charge in [-0.25, -0.2) is 8.78 Å². The molecule has 2 N–H and O–H groups in total. The van der Waals surface area contributed by atoms with Gasteiger partial charge in [-0.15, -0.1) is 11.3 Å². The molecule has 0 saturated carbocycles. The molecular weight excluding hydrogens is 264 g/mol. The van der Waals surface area contributed by atoms with E-state index in [4.69, 9.17) is 10.5 Å². The molecule has 0 saturated heterocycles. The van der Waals surface area contributed by atoms with Gasteiger partial charge >= 0.3 is 0 Å². The molecule has 0 spiro atoms. The summed E-state index contributed by atoms with van der Waals surface area (Å²) in [4.78, 5) is 0.415. The van der Waals surface area contributed by atoms with E-state index < -0.39 is 12.5 Å². The smallest absolute Gasteiger partial charge is 0.258 e. The van der Waals surface area contributed by atoms with Gasteiger partial charge in [-0.1, -0.05) is 0 Å². The molecule has 1 rings (SSSR count). The van der Waals surface area contributed by atoms with Gasteiger partial charge in [-0.2, -0.15) is 0 Å². The molecule has 1 aromatic heterocycles. The molecule has 0 radical (unpaired) electrons. The molecule has 13 heavy (non-hydrogen) atoms. The molecule has 1 unspecified atom stereocenters. The van der Waals surface area contributed by atoms with Crippen LogP contribution in [0.1, 0.15) is 10.9 Å². The summed E-state index contributed by atoms with van der Waals surface area (Å²) in [6, 6.07) is 0.325. The summed E-state index contributed by atoms with van der Waals surface area (Å²) >= 11 is 4.30. The Morgan fingerprint density at radius 1 is 1.62 bits per heavy atom. The second kappa shape index (κ2) is 4.34. The lowest BCUT2D eigenvalue weighted by Gasteiger charge is -2.06. The van der Waals surface area contributed by atoms with E-state index in [9.17, 15) is 8.78 Å². The molecule has 6 heteroatoms. The minimum absolute atomic E-state index is 0.415. The van der Waals surface area contributed by atoms with E-state index in [1.54, 1.807) is 6.07 Å².